The van der Waals surface area contributed by atoms with Crippen LogP contribution in [0.25, 0.3) is 21.3 Å². The van der Waals surface area contributed by atoms with E-state index in [4.69, 9.17) is 4.98 Å². The van der Waals surface area contributed by atoms with Gasteiger partial charge < -0.3 is 9.80 Å². The maximum Gasteiger partial charge on any atom is 0.162 e. The highest BCUT2D eigenvalue weighted by Crippen LogP contribution is 2.34. The van der Waals surface area contributed by atoms with Gasteiger partial charge >= 0.3 is 0 Å². The van der Waals surface area contributed by atoms with Crippen LogP contribution in [-0.2, 0) is 0 Å². The summed E-state index contributed by atoms with van der Waals surface area (Å²) in [6.45, 7) is 9.57. The highest BCUT2D eigenvalue weighted by molar-refractivity contribution is 7.17. The molecule has 1 saturated heterocycles. The van der Waals surface area contributed by atoms with Crippen molar-refractivity contribution in [1.29, 1.82) is 0 Å². The van der Waals surface area contributed by atoms with E-state index in [-0.39, 0.29) is 5.78 Å². The second kappa shape index (κ2) is 8.41. The maximum atomic E-state index is 12.1. The van der Waals surface area contributed by atoms with Crippen LogP contribution < -0.4 is 4.90 Å². The zero-order valence-electron chi connectivity index (χ0n) is 16.6. The van der Waals surface area contributed by atoms with Crippen LogP contribution in [0.15, 0.2) is 41.8 Å². The number of likely N-dealkylation sites (N-methyl/N-ethyl adjacent to an activating group) is 1. The van der Waals surface area contributed by atoms with Gasteiger partial charge in [0.25, 0.3) is 0 Å². The molecule has 1 aliphatic heterocycles. The second-order valence-corrected chi connectivity index (χ2v) is 8.26. The molecule has 0 N–H and O–H groups in total. The van der Waals surface area contributed by atoms with Crippen molar-refractivity contribution in [1.82, 2.24) is 9.88 Å². The standard InChI is InChI=1S/C23H27N3OS/c1-3-5-21(27)18-8-6-17(7-9-18)20-16-19-10-15-28-22(19)23(24-20)26-13-11-25(4-2)12-14-26/h6-10,15-16H,3-5,11-14H2,1-2H3. The molecule has 0 bridgehead atoms. The van der Waals surface area contributed by atoms with Crippen LogP contribution in [0.3, 0.4) is 0 Å². The number of hydrogen-bond donors (Lipinski definition) is 0. The third-order valence-corrected chi connectivity index (χ3v) is 6.44. The first kappa shape index (κ1) is 19.1. The summed E-state index contributed by atoms with van der Waals surface area (Å²) in [5.41, 5.74) is 2.83. The van der Waals surface area contributed by atoms with Crippen LogP contribution in [0.5, 0.6) is 0 Å². The molecule has 3 heterocycles. The van der Waals surface area contributed by atoms with E-state index in [9.17, 15) is 4.79 Å². The predicted molar refractivity (Wildman–Crippen MR) is 119 cm³/mol. The van der Waals surface area contributed by atoms with Crippen molar-refractivity contribution in [2.75, 3.05) is 37.6 Å². The number of pyridine rings is 1. The number of rotatable bonds is 6. The van der Waals surface area contributed by atoms with Crippen molar-refractivity contribution in [2.45, 2.75) is 26.7 Å². The molecule has 4 nitrogen and oxygen atoms in total. The van der Waals surface area contributed by atoms with Gasteiger partial charge in [0.2, 0.25) is 0 Å². The number of hydrogen-bond acceptors (Lipinski definition) is 5. The van der Waals surface area contributed by atoms with Crippen molar-refractivity contribution in [3.05, 3.63) is 47.3 Å². The van der Waals surface area contributed by atoms with Crippen molar-refractivity contribution < 1.29 is 4.79 Å². The fourth-order valence-corrected chi connectivity index (χ4v) is 4.69. The summed E-state index contributed by atoms with van der Waals surface area (Å²) >= 11 is 1.77. The van der Waals surface area contributed by atoms with E-state index in [0.717, 1.165) is 61.8 Å². The number of carbonyl (C=O) groups excluding carboxylic acids is 1. The molecule has 3 aromatic rings. The highest BCUT2D eigenvalue weighted by atomic mass is 32.1. The third kappa shape index (κ3) is 3.82. The number of anilines is 1. The summed E-state index contributed by atoms with van der Waals surface area (Å²) in [4.78, 5) is 22.1. The van der Waals surface area contributed by atoms with E-state index >= 15 is 0 Å². The van der Waals surface area contributed by atoms with E-state index in [0.29, 0.717) is 6.42 Å². The Hall–Kier alpha value is -2.24. The van der Waals surface area contributed by atoms with E-state index in [1.165, 1.54) is 10.1 Å². The Kier molecular flexibility index (Phi) is 5.74. The minimum atomic E-state index is 0.213. The van der Waals surface area contributed by atoms with Gasteiger partial charge in [0.15, 0.2) is 5.78 Å². The minimum Gasteiger partial charge on any atom is -0.353 e. The van der Waals surface area contributed by atoms with Gasteiger partial charge in [-0.3, -0.25) is 4.79 Å². The van der Waals surface area contributed by atoms with Gasteiger partial charge in [0, 0.05) is 43.7 Å². The lowest BCUT2D eigenvalue weighted by molar-refractivity contribution is 0.0982. The molecule has 0 aliphatic carbocycles. The van der Waals surface area contributed by atoms with E-state index < -0.39 is 0 Å². The summed E-state index contributed by atoms with van der Waals surface area (Å²) in [5.74, 6) is 1.31. The maximum absolute atomic E-state index is 12.1. The number of piperazine rings is 1. The minimum absolute atomic E-state index is 0.213. The quantitative estimate of drug-likeness (QED) is 0.547. The highest BCUT2D eigenvalue weighted by Gasteiger charge is 2.20. The molecule has 28 heavy (non-hydrogen) atoms. The zero-order valence-corrected chi connectivity index (χ0v) is 17.5. The Morgan fingerprint density at radius 3 is 2.50 bits per heavy atom. The van der Waals surface area contributed by atoms with Crippen molar-refractivity contribution >= 4 is 33.0 Å². The molecule has 0 saturated carbocycles. The average molecular weight is 394 g/mol. The lowest BCUT2D eigenvalue weighted by atomic mass is 10.0. The molecule has 0 unspecified atom stereocenters. The van der Waals surface area contributed by atoms with E-state index in [1.807, 2.05) is 31.2 Å². The fourth-order valence-electron chi connectivity index (χ4n) is 3.80. The molecular weight excluding hydrogens is 366 g/mol. The summed E-state index contributed by atoms with van der Waals surface area (Å²) in [7, 11) is 0. The van der Waals surface area contributed by atoms with Crippen molar-refractivity contribution in [3.63, 3.8) is 0 Å². The number of carbonyl (C=O) groups is 1. The number of ketones is 1. The summed E-state index contributed by atoms with van der Waals surface area (Å²) in [6.07, 6.45) is 1.48. The number of Topliss-reactive ketones (excluding diaryl/α,β-unsaturated/α-hetero) is 1. The number of benzene rings is 1. The molecule has 1 aliphatic rings. The smallest absolute Gasteiger partial charge is 0.162 e. The number of fused-ring (bicyclic) bond motifs is 1. The van der Waals surface area contributed by atoms with Crippen LogP contribution in [0.2, 0.25) is 0 Å². The average Bonchev–Trinajstić information content (AvgIpc) is 3.22. The van der Waals surface area contributed by atoms with Crippen LogP contribution in [0, 0.1) is 0 Å². The first-order valence-electron chi connectivity index (χ1n) is 10.2. The molecule has 5 heteroatoms. The van der Waals surface area contributed by atoms with Crippen LogP contribution in [-0.4, -0.2) is 48.4 Å². The van der Waals surface area contributed by atoms with E-state index in [2.05, 4.69) is 34.2 Å². The van der Waals surface area contributed by atoms with Crippen LogP contribution >= 0.6 is 11.3 Å². The van der Waals surface area contributed by atoms with Gasteiger partial charge in [-0.05, 0) is 35.9 Å². The summed E-state index contributed by atoms with van der Waals surface area (Å²) < 4.78 is 1.27. The van der Waals surface area contributed by atoms with Crippen molar-refractivity contribution in [2.24, 2.45) is 0 Å². The van der Waals surface area contributed by atoms with Gasteiger partial charge in [-0.2, -0.15) is 0 Å². The van der Waals surface area contributed by atoms with Crippen molar-refractivity contribution in [3.8, 4) is 11.3 Å². The molecule has 146 valence electrons. The SMILES string of the molecule is CCCC(=O)c1ccc(-c2cc3ccsc3c(N3CCN(CC)CC3)n2)cc1. The molecule has 2 aromatic heterocycles. The van der Waals surface area contributed by atoms with Crippen LogP contribution in [0.4, 0.5) is 5.82 Å². The number of nitrogens with zero attached hydrogens (tertiary/aromatic N) is 3. The fraction of sp³-hybridized carbons (Fsp3) is 0.391. The third-order valence-electron chi connectivity index (χ3n) is 5.52. The van der Waals surface area contributed by atoms with Gasteiger partial charge in [0.1, 0.15) is 5.82 Å². The first-order chi connectivity index (χ1) is 13.7. The van der Waals surface area contributed by atoms with Gasteiger partial charge in [0.05, 0.1) is 10.4 Å². The monoisotopic (exact) mass is 393 g/mol. The Balaban J connectivity index is 1.66. The van der Waals surface area contributed by atoms with Gasteiger partial charge in [-0.15, -0.1) is 11.3 Å². The normalized spacial score (nSPS) is 15.3. The lowest BCUT2D eigenvalue weighted by Gasteiger charge is -2.35. The topological polar surface area (TPSA) is 36.4 Å². The molecule has 0 atom stereocenters. The second-order valence-electron chi connectivity index (χ2n) is 7.34. The Bertz CT molecular complexity index is 956. The molecular formula is C23H27N3OS. The Labute approximate surface area is 170 Å². The Morgan fingerprint density at radius 1 is 1.07 bits per heavy atom. The van der Waals surface area contributed by atoms with Gasteiger partial charge in [-0.25, -0.2) is 4.98 Å². The number of thiophene rings is 1. The summed E-state index contributed by atoms with van der Waals surface area (Å²) in [5, 5.41) is 3.39. The van der Waals surface area contributed by atoms with Gasteiger partial charge in [-0.1, -0.05) is 38.1 Å². The largest absolute Gasteiger partial charge is 0.353 e. The van der Waals surface area contributed by atoms with Crippen LogP contribution in [0.1, 0.15) is 37.0 Å². The molecule has 1 fully saturated rings. The summed E-state index contributed by atoms with van der Waals surface area (Å²) in [6, 6.07) is 12.3. The molecule has 0 spiro atoms. The number of aromatic nitrogens is 1. The predicted octanol–water partition coefficient (Wildman–Crippen LogP) is 5.09. The zero-order chi connectivity index (χ0) is 19.5. The molecule has 0 amide bonds. The first-order valence-corrected chi connectivity index (χ1v) is 11.1. The molecule has 1 aromatic carbocycles. The van der Waals surface area contributed by atoms with E-state index in [1.54, 1.807) is 11.3 Å². The molecule has 0 radical (unpaired) electrons. The molecule has 4 rings (SSSR count). The Morgan fingerprint density at radius 2 is 1.82 bits per heavy atom. The lowest BCUT2D eigenvalue weighted by Crippen LogP contribution is -2.46.